The average Bonchev–Trinajstić information content (AvgIpc) is 3.20. The average molecular weight is 367 g/mol. The first kappa shape index (κ1) is 17.7. The number of hydrogen-bond donors (Lipinski definition) is 2. The second kappa shape index (κ2) is 7.15. The monoisotopic (exact) mass is 367 g/mol. The van der Waals surface area contributed by atoms with Gasteiger partial charge in [0.25, 0.3) is 0 Å². The van der Waals surface area contributed by atoms with Gasteiger partial charge in [-0.2, -0.15) is 9.97 Å². The van der Waals surface area contributed by atoms with E-state index in [0.29, 0.717) is 29.6 Å². The zero-order valence-electron chi connectivity index (χ0n) is 15.6. The second-order valence-corrected chi connectivity index (χ2v) is 7.33. The molecule has 1 aliphatic rings. The Morgan fingerprint density at radius 1 is 1.26 bits per heavy atom. The lowest BCUT2D eigenvalue weighted by atomic mass is 9.94. The number of benzene rings is 1. The Balaban J connectivity index is 1.66. The summed E-state index contributed by atoms with van der Waals surface area (Å²) < 4.78 is 7.81. The van der Waals surface area contributed by atoms with Crippen LogP contribution in [0.15, 0.2) is 36.7 Å². The summed E-state index contributed by atoms with van der Waals surface area (Å²) in [7, 11) is 0. The Bertz CT molecular complexity index is 927. The molecule has 1 aliphatic carbocycles. The van der Waals surface area contributed by atoms with Gasteiger partial charge in [0.15, 0.2) is 11.2 Å². The van der Waals surface area contributed by atoms with E-state index in [1.807, 2.05) is 34.9 Å². The van der Waals surface area contributed by atoms with Crippen molar-refractivity contribution in [1.29, 1.82) is 0 Å². The SMILES string of the molecule is CC[C@H]1[C@H](O)[C@@H](n2cnc3c(OCc4ccccc4)nc(N)nc32)C[C@@H]1C. The number of nitrogens with zero attached hydrogens (tertiary/aromatic N) is 4. The zero-order chi connectivity index (χ0) is 19.0. The van der Waals surface area contributed by atoms with Gasteiger partial charge < -0.3 is 20.1 Å². The van der Waals surface area contributed by atoms with Gasteiger partial charge in [0.2, 0.25) is 11.8 Å². The Hall–Kier alpha value is -2.67. The van der Waals surface area contributed by atoms with Crippen LogP contribution in [0.2, 0.25) is 0 Å². The van der Waals surface area contributed by atoms with Gasteiger partial charge in [0, 0.05) is 0 Å². The molecule has 1 aromatic carbocycles. The van der Waals surface area contributed by atoms with Crippen LogP contribution in [0.4, 0.5) is 5.95 Å². The van der Waals surface area contributed by atoms with Gasteiger partial charge in [-0.1, -0.05) is 50.6 Å². The normalized spacial score (nSPS) is 25.1. The van der Waals surface area contributed by atoms with Crippen LogP contribution in [0.5, 0.6) is 5.88 Å². The first-order chi connectivity index (χ1) is 13.1. The van der Waals surface area contributed by atoms with Crippen molar-refractivity contribution in [3.63, 3.8) is 0 Å². The summed E-state index contributed by atoms with van der Waals surface area (Å²) in [6.45, 7) is 4.68. The third-order valence-electron chi connectivity index (χ3n) is 5.63. The number of aliphatic hydroxyl groups is 1. The van der Waals surface area contributed by atoms with Gasteiger partial charge >= 0.3 is 0 Å². The minimum absolute atomic E-state index is 0.0637. The van der Waals surface area contributed by atoms with E-state index in [0.717, 1.165) is 18.4 Å². The molecule has 2 aromatic heterocycles. The van der Waals surface area contributed by atoms with Crippen LogP contribution in [-0.2, 0) is 6.61 Å². The second-order valence-electron chi connectivity index (χ2n) is 7.33. The molecule has 3 N–H and O–H groups in total. The fraction of sp³-hybridized carbons (Fsp3) is 0.450. The van der Waals surface area contributed by atoms with Crippen molar-refractivity contribution in [2.24, 2.45) is 11.8 Å². The maximum absolute atomic E-state index is 10.8. The zero-order valence-corrected chi connectivity index (χ0v) is 15.6. The molecule has 4 rings (SSSR count). The number of hydrogen-bond acceptors (Lipinski definition) is 6. The number of fused-ring (bicyclic) bond motifs is 1. The summed E-state index contributed by atoms with van der Waals surface area (Å²) in [5.74, 6) is 1.23. The highest BCUT2D eigenvalue weighted by Crippen LogP contribution is 2.42. The van der Waals surface area contributed by atoms with Crippen molar-refractivity contribution in [3.05, 3.63) is 42.2 Å². The molecule has 0 radical (unpaired) electrons. The maximum atomic E-state index is 10.8. The third kappa shape index (κ3) is 3.23. The lowest BCUT2D eigenvalue weighted by Gasteiger charge is -2.20. The lowest BCUT2D eigenvalue weighted by Crippen LogP contribution is -2.24. The van der Waals surface area contributed by atoms with Crippen molar-refractivity contribution < 1.29 is 9.84 Å². The highest BCUT2D eigenvalue weighted by atomic mass is 16.5. The maximum Gasteiger partial charge on any atom is 0.247 e. The predicted molar refractivity (Wildman–Crippen MR) is 103 cm³/mol. The van der Waals surface area contributed by atoms with Crippen LogP contribution in [0.25, 0.3) is 11.2 Å². The molecule has 4 atom stereocenters. The molecule has 7 nitrogen and oxygen atoms in total. The van der Waals surface area contributed by atoms with Gasteiger partial charge in [-0.3, -0.25) is 0 Å². The number of ether oxygens (including phenoxy) is 1. The van der Waals surface area contributed by atoms with Crippen LogP contribution in [0.3, 0.4) is 0 Å². The summed E-state index contributed by atoms with van der Waals surface area (Å²) in [6, 6.07) is 9.80. The first-order valence-corrected chi connectivity index (χ1v) is 9.43. The van der Waals surface area contributed by atoms with Crippen molar-refractivity contribution >= 4 is 17.1 Å². The fourth-order valence-corrected chi connectivity index (χ4v) is 4.21. The Kier molecular flexibility index (Phi) is 4.70. The molecule has 0 unspecified atom stereocenters. The highest BCUT2D eigenvalue weighted by molar-refractivity contribution is 5.77. The molecule has 27 heavy (non-hydrogen) atoms. The molecule has 7 heteroatoms. The van der Waals surface area contributed by atoms with Crippen LogP contribution >= 0.6 is 0 Å². The minimum Gasteiger partial charge on any atom is -0.471 e. The molecule has 0 aliphatic heterocycles. The van der Waals surface area contributed by atoms with Crippen molar-refractivity contribution in [2.45, 2.75) is 45.4 Å². The smallest absolute Gasteiger partial charge is 0.247 e. The fourth-order valence-electron chi connectivity index (χ4n) is 4.21. The van der Waals surface area contributed by atoms with Crippen LogP contribution < -0.4 is 10.5 Å². The lowest BCUT2D eigenvalue weighted by molar-refractivity contribution is 0.0870. The molecule has 0 bridgehead atoms. The quantitative estimate of drug-likeness (QED) is 0.719. The number of aromatic nitrogens is 4. The van der Waals surface area contributed by atoms with Gasteiger partial charge in [-0.15, -0.1) is 0 Å². The van der Waals surface area contributed by atoms with Gasteiger partial charge in [-0.05, 0) is 23.8 Å². The molecular weight excluding hydrogens is 342 g/mol. The van der Waals surface area contributed by atoms with Crippen molar-refractivity contribution in [2.75, 3.05) is 5.73 Å². The standard InChI is InChI=1S/C20H25N5O2/c1-3-14-12(2)9-15(17(14)26)25-11-22-16-18(25)23-20(21)24-19(16)27-10-13-7-5-4-6-8-13/h4-8,11-12,14-15,17,26H,3,9-10H2,1-2H3,(H2,21,23,24)/t12-,14+,15-,17-/m0/s1. The minimum atomic E-state index is -0.424. The van der Waals surface area contributed by atoms with E-state index < -0.39 is 6.10 Å². The summed E-state index contributed by atoms with van der Waals surface area (Å²) in [6.07, 6.45) is 3.13. The van der Waals surface area contributed by atoms with E-state index in [2.05, 4.69) is 28.8 Å². The number of nitrogens with two attached hydrogens (primary N) is 1. The predicted octanol–water partition coefficient (Wildman–Crippen LogP) is 2.96. The Labute approximate surface area is 158 Å². The molecule has 0 spiro atoms. The van der Waals surface area contributed by atoms with Crippen molar-refractivity contribution in [3.8, 4) is 5.88 Å². The van der Waals surface area contributed by atoms with E-state index >= 15 is 0 Å². The third-order valence-corrected chi connectivity index (χ3v) is 5.63. The molecule has 2 heterocycles. The van der Waals surface area contributed by atoms with E-state index in [-0.39, 0.29) is 17.9 Å². The van der Waals surface area contributed by atoms with Gasteiger partial charge in [-0.25, -0.2) is 4.98 Å². The molecule has 3 aromatic rings. The number of aliphatic hydroxyl groups excluding tert-OH is 1. The summed E-state index contributed by atoms with van der Waals surface area (Å²) in [4.78, 5) is 13.1. The van der Waals surface area contributed by atoms with Crippen LogP contribution in [-0.4, -0.2) is 30.7 Å². The summed E-state index contributed by atoms with van der Waals surface area (Å²) >= 11 is 0. The van der Waals surface area contributed by atoms with Crippen LogP contribution in [0, 0.1) is 11.8 Å². The Morgan fingerprint density at radius 3 is 2.74 bits per heavy atom. The summed E-state index contributed by atoms with van der Waals surface area (Å²) in [5.41, 5.74) is 8.14. The van der Waals surface area contributed by atoms with Gasteiger partial charge in [0.1, 0.15) is 6.61 Å². The molecule has 1 saturated carbocycles. The van der Waals surface area contributed by atoms with Gasteiger partial charge in [0.05, 0.1) is 18.5 Å². The van der Waals surface area contributed by atoms with E-state index in [1.165, 1.54) is 0 Å². The topological polar surface area (TPSA) is 99.1 Å². The molecule has 0 amide bonds. The highest BCUT2D eigenvalue weighted by Gasteiger charge is 2.40. The number of rotatable bonds is 5. The number of imidazole rings is 1. The number of anilines is 1. The Morgan fingerprint density at radius 2 is 2.04 bits per heavy atom. The van der Waals surface area contributed by atoms with E-state index in [4.69, 9.17) is 10.5 Å². The number of nitrogen functional groups attached to an aromatic ring is 1. The first-order valence-electron chi connectivity index (χ1n) is 9.43. The molecular formula is C20H25N5O2. The largest absolute Gasteiger partial charge is 0.471 e. The molecule has 0 saturated heterocycles. The van der Waals surface area contributed by atoms with Crippen LogP contribution in [0.1, 0.15) is 38.3 Å². The van der Waals surface area contributed by atoms with E-state index in [9.17, 15) is 5.11 Å². The molecule has 142 valence electrons. The molecule has 1 fully saturated rings. The summed E-state index contributed by atoms with van der Waals surface area (Å²) in [5, 5.41) is 10.8. The van der Waals surface area contributed by atoms with E-state index in [1.54, 1.807) is 6.33 Å². The van der Waals surface area contributed by atoms with Crippen molar-refractivity contribution in [1.82, 2.24) is 19.5 Å².